The number of carbonyl (C=O) groups excluding carboxylic acids is 1. The van der Waals surface area contributed by atoms with Crippen LogP contribution in [0.4, 0.5) is 0 Å². The summed E-state index contributed by atoms with van der Waals surface area (Å²) in [5.41, 5.74) is 5.53. The van der Waals surface area contributed by atoms with E-state index in [1.807, 2.05) is 0 Å². The fourth-order valence-corrected chi connectivity index (χ4v) is 4.02. The lowest BCUT2D eigenvalue weighted by Gasteiger charge is -2.37. The molecule has 3 N–H and O–H groups in total. The first-order chi connectivity index (χ1) is 9.75. The molecule has 130 valence electrons. The third-order valence-electron chi connectivity index (χ3n) is 5.49. The number of piperidine rings is 1. The SMILES string of the molecule is Cl.Cl.NCC1(C(=O)NC2CCN3CCCCC23)CCOCC1. The van der Waals surface area contributed by atoms with Gasteiger partial charge >= 0.3 is 0 Å². The van der Waals surface area contributed by atoms with Crippen LogP contribution in [0.25, 0.3) is 0 Å². The summed E-state index contributed by atoms with van der Waals surface area (Å²) in [6.45, 7) is 4.08. The lowest BCUT2D eigenvalue weighted by molar-refractivity contribution is -0.136. The van der Waals surface area contributed by atoms with E-state index >= 15 is 0 Å². The molecule has 0 aromatic rings. The molecular formula is C15H29Cl2N3O2. The van der Waals surface area contributed by atoms with E-state index in [-0.39, 0.29) is 36.1 Å². The van der Waals surface area contributed by atoms with Gasteiger partial charge in [-0.2, -0.15) is 0 Å². The molecule has 0 bridgehead atoms. The molecule has 2 atom stereocenters. The highest BCUT2D eigenvalue weighted by Gasteiger charge is 2.42. The average Bonchev–Trinajstić information content (AvgIpc) is 2.91. The molecule has 3 aliphatic rings. The Morgan fingerprint density at radius 1 is 1.18 bits per heavy atom. The molecular weight excluding hydrogens is 325 g/mol. The molecule has 3 heterocycles. The zero-order valence-corrected chi connectivity index (χ0v) is 14.7. The van der Waals surface area contributed by atoms with Gasteiger partial charge in [-0.25, -0.2) is 0 Å². The first-order valence-corrected chi connectivity index (χ1v) is 8.08. The monoisotopic (exact) mass is 353 g/mol. The molecule has 1 amide bonds. The highest BCUT2D eigenvalue weighted by molar-refractivity contribution is 5.85. The van der Waals surface area contributed by atoms with Gasteiger partial charge in [0.05, 0.1) is 5.41 Å². The van der Waals surface area contributed by atoms with Gasteiger partial charge in [0, 0.05) is 38.4 Å². The highest BCUT2D eigenvalue weighted by Crippen LogP contribution is 2.32. The minimum absolute atomic E-state index is 0. The number of hydrogen-bond donors (Lipinski definition) is 2. The fourth-order valence-electron chi connectivity index (χ4n) is 4.02. The Balaban J connectivity index is 0.00000121. The zero-order valence-electron chi connectivity index (χ0n) is 13.1. The van der Waals surface area contributed by atoms with Gasteiger partial charge in [0.25, 0.3) is 0 Å². The van der Waals surface area contributed by atoms with E-state index in [1.54, 1.807) is 0 Å². The maximum Gasteiger partial charge on any atom is 0.227 e. The van der Waals surface area contributed by atoms with Crippen LogP contribution in [0.2, 0.25) is 0 Å². The van der Waals surface area contributed by atoms with E-state index in [1.165, 1.54) is 25.8 Å². The molecule has 0 radical (unpaired) electrons. The van der Waals surface area contributed by atoms with Crippen molar-refractivity contribution in [2.75, 3.05) is 32.8 Å². The van der Waals surface area contributed by atoms with Gasteiger partial charge in [-0.15, -0.1) is 24.8 Å². The maximum absolute atomic E-state index is 12.7. The summed E-state index contributed by atoms with van der Waals surface area (Å²) in [6, 6.07) is 0.886. The predicted molar refractivity (Wildman–Crippen MR) is 91.8 cm³/mol. The number of halogens is 2. The van der Waals surface area contributed by atoms with E-state index in [0.29, 0.717) is 31.8 Å². The van der Waals surface area contributed by atoms with Crippen molar-refractivity contribution in [2.24, 2.45) is 11.1 Å². The molecule has 0 aromatic heterocycles. The number of fused-ring (bicyclic) bond motifs is 1. The summed E-state index contributed by atoms with van der Waals surface area (Å²) >= 11 is 0. The van der Waals surface area contributed by atoms with Crippen molar-refractivity contribution in [1.82, 2.24) is 10.2 Å². The van der Waals surface area contributed by atoms with Crippen LogP contribution in [0.1, 0.15) is 38.5 Å². The Kier molecular flexibility index (Phi) is 7.89. The van der Waals surface area contributed by atoms with Crippen LogP contribution in [0.5, 0.6) is 0 Å². The second-order valence-corrected chi connectivity index (χ2v) is 6.56. The second kappa shape index (κ2) is 8.69. The summed E-state index contributed by atoms with van der Waals surface area (Å²) in [7, 11) is 0. The molecule has 0 spiro atoms. The van der Waals surface area contributed by atoms with Gasteiger partial charge in [-0.1, -0.05) is 6.42 Å². The van der Waals surface area contributed by atoms with Crippen molar-refractivity contribution in [2.45, 2.75) is 50.6 Å². The van der Waals surface area contributed by atoms with Crippen molar-refractivity contribution < 1.29 is 9.53 Å². The van der Waals surface area contributed by atoms with Crippen LogP contribution in [0.3, 0.4) is 0 Å². The van der Waals surface area contributed by atoms with Crippen molar-refractivity contribution in [3.05, 3.63) is 0 Å². The van der Waals surface area contributed by atoms with Gasteiger partial charge in [-0.05, 0) is 38.6 Å². The van der Waals surface area contributed by atoms with Crippen LogP contribution in [0.15, 0.2) is 0 Å². The summed E-state index contributed by atoms with van der Waals surface area (Å²) in [6.07, 6.45) is 6.44. The minimum Gasteiger partial charge on any atom is -0.381 e. The predicted octanol–water partition coefficient (Wildman–Crippen LogP) is 1.33. The van der Waals surface area contributed by atoms with E-state index in [4.69, 9.17) is 10.5 Å². The maximum atomic E-state index is 12.7. The van der Waals surface area contributed by atoms with Gasteiger partial charge in [0.2, 0.25) is 5.91 Å². The van der Waals surface area contributed by atoms with Crippen molar-refractivity contribution in [3.8, 4) is 0 Å². The summed E-state index contributed by atoms with van der Waals surface area (Å²) in [4.78, 5) is 15.3. The molecule has 5 nitrogen and oxygen atoms in total. The lowest BCUT2D eigenvalue weighted by atomic mass is 9.79. The lowest BCUT2D eigenvalue weighted by Crippen LogP contribution is -2.54. The van der Waals surface area contributed by atoms with Crippen LogP contribution in [-0.2, 0) is 9.53 Å². The zero-order chi connectivity index (χ0) is 14.0. The number of carbonyl (C=O) groups is 1. The van der Waals surface area contributed by atoms with Gasteiger partial charge in [0.1, 0.15) is 0 Å². The molecule has 0 saturated carbocycles. The Morgan fingerprint density at radius 2 is 1.91 bits per heavy atom. The standard InChI is InChI=1S/C15H27N3O2.2ClH/c16-11-15(5-9-20-10-6-15)14(19)17-12-4-8-18-7-2-1-3-13(12)18;;/h12-13H,1-11,16H2,(H,17,19);2*1H. The van der Waals surface area contributed by atoms with Gasteiger partial charge in [-0.3, -0.25) is 9.69 Å². The fraction of sp³-hybridized carbons (Fsp3) is 0.933. The van der Waals surface area contributed by atoms with Crippen LogP contribution >= 0.6 is 24.8 Å². The molecule has 3 fully saturated rings. The first-order valence-electron chi connectivity index (χ1n) is 8.08. The molecule has 2 unspecified atom stereocenters. The Morgan fingerprint density at radius 3 is 2.59 bits per heavy atom. The Hall–Kier alpha value is -0.0700. The number of hydrogen-bond acceptors (Lipinski definition) is 4. The minimum atomic E-state index is -0.389. The van der Waals surface area contributed by atoms with E-state index in [0.717, 1.165) is 25.8 Å². The third kappa shape index (κ3) is 3.88. The second-order valence-electron chi connectivity index (χ2n) is 6.56. The Bertz CT molecular complexity index is 365. The molecule has 7 heteroatoms. The summed E-state index contributed by atoms with van der Waals surface area (Å²) < 4.78 is 5.39. The van der Waals surface area contributed by atoms with E-state index in [2.05, 4.69) is 10.2 Å². The quantitative estimate of drug-likeness (QED) is 0.802. The molecule has 0 aromatic carbocycles. The molecule has 3 rings (SSSR count). The first kappa shape index (κ1) is 20.0. The number of ether oxygens (including phenoxy) is 1. The molecule has 3 saturated heterocycles. The van der Waals surface area contributed by atoms with Crippen LogP contribution in [-0.4, -0.2) is 55.7 Å². The van der Waals surface area contributed by atoms with Gasteiger partial charge in [0.15, 0.2) is 0 Å². The summed E-state index contributed by atoms with van der Waals surface area (Å²) in [5, 5.41) is 3.32. The molecule has 0 aliphatic carbocycles. The molecule has 3 aliphatic heterocycles. The number of nitrogens with two attached hydrogens (primary N) is 1. The van der Waals surface area contributed by atoms with Crippen LogP contribution in [0, 0.1) is 5.41 Å². The smallest absolute Gasteiger partial charge is 0.227 e. The third-order valence-corrected chi connectivity index (χ3v) is 5.49. The summed E-state index contributed by atoms with van der Waals surface area (Å²) in [5.74, 6) is 0.167. The van der Waals surface area contributed by atoms with Crippen molar-refractivity contribution in [3.63, 3.8) is 0 Å². The average molecular weight is 354 g/mol. The number of amides is 1. The van der Waals surface area contributed by atoms with Crippen molar-refractivity contribution >= 4 is 30.7 Å². The highest BCUT2D eigenvalue weighted by atomic mass is 35.5. The number of nitrogens with one attached hydrogen (secondary N) is 1. The topological polar surface area (TPSA) is 67.6 Å². The molecule has 22 heavy (non-hydrogen) atoms. The Labute approximate surface area is 145 Å². The van der Waals surface area contributed by atoms with Crippen molar-refractivity contribution in [1.29, 1.82) is 0 Å². The van der Waals surface area contributed by atoms with E-state index in [9.17, 15) is 4.79 Å². The number of rotatable bonds is 3. The van der Waals surface area contributed by atoms with E-state index < -0.39 is 0 Å². The van der Waals surface area contributed by atoms with Gasteiger partial charge < -0.3 is 15.8 Å². The number of nitrogens with zero attached hydrogens (tertiary/aromatic N) is 1. The largest absolute Gasteiger partial charge is 0.381 e. The normalized spacial score (nSPS) is 30.6. The van der Waals surface area contributed by atoms with Crippen LogP contribution < -0.4 is 11.1 Å².